The van der Waals surface area contributed by atoms with Gasteiger partial charge in [0.2, 0.25) is 0 Å². The van der Waals surface area contributed by atoms with Gasteiger partial charge < -0.3 is 5.32 Å². The fourth-order valence-corrected chi connectivity index (χ4v) is 6.59. The second-order valence-corrected chi connectivity index (χ2v) is 12.3. The third-order valence-electron chi connectivity index (χ3n) is 9.13. The molecular weight excluding hydrogens is 591 g/mol. The van der Waals surface area contributed by atoms with Gasteiger partial charge in [0.25, 0.3) is 0 Å². The molecule has 1 N–H and O–H groups in total. The van der Waals surface area contributed by atoms with E-state index in [0.717, 1.165) is 71.0 Å². The number of benzene rings is 4. The largest absolute Gasteiger partial charge is 0.366 e. The molecule has 1 aliphatic rings. The minimum atomic E-state index is 0.136. The molecule has 0 spiro atoms. The molecule has 4 aromatic carbocycles. The average molecular weight is 628 g/mol. The first-order valence-corrected chi connectivity index (χ1v) is 16.5. The molecule has 0 bridgehead atoms. The SMILES string of the molecule is Cc1cc(-c2ccccc2)nnc1NC1CCN(C(c2ccccc2)c2ccc(-c3cc(-c4ccccc4)c(CC#N)nn3)cc2)CC1. The molecule has 6 aromatic rings. The monoisotopic (exact) mass is 627 g/mol. The molecular formula is C41H37N7. The maximum Gasteiger partial charge on any atom is 0.151 e. The Hall–Kier alpha value is -5.71. The number of piperidine rings is 1. The van der Waals surface area contributed by atoms with Crippen LogP contribution >= 0.6 is 0 Å². The molecule has 1 fully saturated rings. The molecule has 3 heterocycles. The Balaban J connectivity index is 1.08. The molecule has 0 saturated carbocycles. The molecule has 7 rings (SSSR count). The maximum absolute atomic E-state index is 9.37. The number of anilines is 1. The van der Waals surface area contributed by atoms with Crippen molar-refractivity contribution in [2.45, 2.75) is 38.3 Å². The van der Waals surface area contributed by atoms with Crippen LogP contribution in [0.25, 0.3) is 33.6 Å². The topological polar surface area (TPSA) is 90.6 Å². The molecule has 0 radical (unpaired) electrons. The van der Waals surface area contributed by atoms with Gasteiger partial charge >= 0.3 is 0 Å². The van der Waals surface area contributed by atoms with Crippen LogP contribution in [0.5, 0.6) is 0 Å². The summed E-state index contributed by atoms with van der Waals surface area (Å²) in [6, 6.07) is 46.6. The maximum atomic E-state index is 9.37. The molecule has 1 unspecified atom stereocenters. The van der Waals surface area contributed by atoms with Crippen LogP contribution in [0.4, 0.5) is 5.82 Å². The highest BCUT2D eigenvalue weighted by molar-refractivity contribution is 5.72. The Morgan fingerprint density at radius 2 is 1.25 bits per heavy atom. The lowest BCUT2D eigenvalue weighted by Crippen LogP contribution is -2.41. The van der Waals surface area contributed by atoms with Crippen LogP contribution < -0.4 is 5.32 Å². The van der Waals surface area contributed by atoms with E-state index < -0.39 is 0 Å². The quantitative estimate of drug-likeness (QED) is 0.172. The standard InChI is InChI=1S/C41H37N7/c1-29-27-38(31-13-7-3-8-14-31)46-47-41(29)43-35-22-25-48(26-23-35)40(33-15-9-4-10-16-33)34-19-17-32(18-20-34)39-28-36(30-11-5-2-6-12-30)37(21-24-42)44-45-39/h2-20,27-28,35,40H,21-23,25-26H2,1H3,(H,43,47). The number of nitrogens with zero attached hydrogens (tertiary/aromatic N) is 6. The fraction of sp³-hybridized carbons (Fsp3) is 0.195. The summed E-state index contributed by atoms with van der Waals surface area (Å²) in [4.78, 5) is 2.59. The van der Waals surface area contributed by atoms with Crippen molar-refractivity contribution in [3.63, 3.8) is 0 Å². The second kappa shape index (κ2) is 14.4. The van der Waals surface area contributed by atoms with Gasteiger partial charge in [0.05, 0.1) is 35.6 Å². The Bertz CT molecular complexity index is 2000. The summed E-state index contributed by atoms with van der Waals surface area (Å²) in [7, 11) is 0. The highest BCUT2D eigenvalue weighted by Gasteiger charge is 2.28. The summed E-state index contributed by atoms with van der Waals surface area (Å²) in [6.07, 6.45) is 2.24. The molecule has 7 heteroatoms. The smallest absolute Gasteiger partial charge is 0.151 e. The van der Waals surface area contributed by atoms with E-state index >= 15 is 0 Å². The van der Waals surface area contributed by atoms with Crippen LogP contribution in [0.3, 0.4) is 0 Å². The number of nitrogens with one attached hydrogen (secondary N) is 1. The molecule has 48 heavy (non-hydrogen) atoms. The van der Waals surface area contributed by atoms with Crippen molar-refractivity contribution >= 4 is 5.82 Å². The van der Waals surface area contributed by atoms with Crippen molar-refractivity contribution in [2.24, 2.45) is 0 Å². The van der Waals surface area contributed by atoms with Gasteiger partial charge in [-0.15, -0.1) is 10.2 Å². The third kappa shape index (κ3) is 6.85. The van der Waals surface area contributed by atoms with Crippen LogP contribution in [0.1, 0.15) is 41.3 Å². The van der Waals surface area contributed by atoms with E-state index in [1.165, 1.54) is 11.1 Å². The van der Waals surface area contributed by atoms with Crippen molar-refractivity contribution in [2.75, 3.05) is 18.4 Å². The number of hydrogen-bond acceptors (Lipinski definition) is 7. The molecule has 236 valence electrons. The average Bonchev–Trinajstić information content (AvgIpc) is 3.15. The Morgan fingerprint density at radius 1 is 0.688 bits per heavy atom. The van der Waals surface area contributed by atoms with E-state index in [9.17, 15) is 5.26 Å². The van der Waals surface area contributed by atoms with E-state index in [0.29, 0.717) is 11.7 Å². The van der Waals surface area contributed by atoms with Crippen LogP contribution in [0, 0.1) is 18.3 Å². The zero-order valence-corrected chi connectivity index (χ0v) is 27.0. The lowest BCUT2D eigenvalue weighted by atomic mass is 9.92. The Labute approximate surface area is 282 Å². The van der Waals surface area contributed by atoms with Gasteiger partial charge in [0.1, 0.15) is 0 Å². The van der Waals surface area contributed by atoms with Crippen molar-refractivity contribution in [1.82, 2.24) is 25.3 Å². The summed E-state index contributed by atoms with van der Waals surface area (Å²) in [5, 5.41) is 31.1. The molecule has 2 aromatic heterocycles. The van der Waals surface area contributed by atoms with Crippen molar-refractivity contribution in [3.05, 3.63) is 150 Å². The van der Waals surface area contributed by atoms with Crippen molar-refractivity contribution in [1.29, 1.82) is 5.26 Å². The number of nitriles is 1. The minimum Gasteiger partial charge on any atom is -0.366 e. The van der Waals surface area contributed by atoms with Crippen molar-refractivity contribution < 1.29 is 0 Å². The lowest BCUT2D eigenvalue weighted by Gasteiger charge is -2.38. The number of rotatable bonds is 9. The van der Waals surface area contributed by atoms with Gasteiger partial charge in [-0.3, -0.25) is 4.90 Å². The summed E-state index contributed by atoms with van der Waals surface area (Å²) >= 11 is 0. The molecule has 1 atom stereocenters. The van der Waals surface area contributed by atoms with Crippen LogP contribution in [-0.2, 0) is 6.42 Å². The van der Waals surface area contributed by atoms with Gasteiger partial charge in [-0.1, -0.05) is 115 Å². The van der Waals surface area contributed by atoms with E-state index in [2.05, 4.69) is 122 Å². The van der Waals surface area contributed by atoms with Crippen molar-refractivity contribution in [3.8, 4) is 39.7 Å². The number of likely N-dealkylation sites (tertiary alicyclic amines) is 1. The Kier molecular flexibility index (Phi) is 9.26. The zero-order valence-electron chi connectivity index (χ0n) is 27.0. The molecule has 1 aliphatic heterocycles. The second-order valence-electron chi connectivity index (χ2n) is 12.3. The van der Waals surface area contributed by atoms with Gasteiger partial charge in [-0.25, -0.2) is 0 Å². The minimum absolute atomic E-state index is 0.136. The zero-order chi connectivity index (χ0) is 32.7. The summed E-state index contributed by atoms with van der Waals surface area (Å²) in [6.45, 7) is 4.02. The normalized spacial score (nSPS) is 14.2. The third-order valence-corrected chi connectivity index (χ3v) is 9.13. The van der Waals surface area contributed by atoms with Gasteiger partial charge in [0.15, 0.2) is 5.82 Å². The molecule has 1 saturated heterocycles. The molecule has 0 amide bonds. The highest BCUT2D eigenvalue weighted by Crippen LogP contribution is 2.34. The number of hydrogen-bond donors (Lipinski definition) is 1. The number of aryl methyl sites for hydroxylation is 1. The van der Waals surface area contributed by atoms with E-state index in [-0.39, 0.29) is 12.5 Å². The summed E-state index contributed by atoms with van der Waals surface area (Å²) in [5.74, 6) is 0.863. The van der Waals surface area contributed by atoms with Crippen LogP contribution in [0.2, 0.25) is 0 Å². The van der Waals surface area contributed by atoms with E-state index in [4.69, 9.17) is 0 Å². The predicted molar refractivity (Wildman–Crippen MR) is 191 cm³/mol. The van der Waals surface area contributed by atoms with E-state index in [1.54, 1.807) is 0 Å². The van der Waals surface area contributed by atoms with Gasteiger partial charge in [0, 0.05) is 35.8 Å². The van der Waals surface area contributed by atoms with Crippen LogP contribution in [-0.4, -0.2) is 44.4 Å². The van der Waals surface area contributed by atoms with Gasteiger partial charge in [-0.05, 0) is 54.2 Å². The predicted octanol–water partition coefficient (Wildman–Crippen LogP) is 8.31. The highest BCUT2D eigenvalue weighted by atomic mass is 15.2. The summed E-state index contributed by atoms with van der Waals surface area (Å²) < 4.78 is 0. The summed E-state index contributed by atoms with van der Waals surface area (Å²) in [5.41, 5.74) is 10.1. The fourth-order valence-electron chi connectivity index (χ4n) is 6.59. The van der Waals surface area contributed by atoms with Gasteiger partial charge in [-0.2, -0.15) is 15.5 Å². The first kappa shape index (κ1) is 30.9. The van der Waals surface area contributed by atoms with Crippen LogP contribution in [0.15, 0.2) is 127 Å². The lowest BCUT2D eigenvalue weighted by molar-refractivity contribution is 0.179. The molecule has 7 nitrogen and oxygen atoms in total. The first-order valence-electron chi connectivity index (χ1n) is 16.5. The Morgan fingerprint density at radius 3 is 1.90 bits per heavy atom. The molecule has 0 aliphatic carbocycles. The first-order chi connectivity index (χ1) is 23.7. The van der Waals surface area contributed by atoms with E-state index in [1.807, 2.05) is 48.5 Å². The number of aromatic nitrogens is 4.